The Kier molecular flexibility index (Phi) is 2.64. The number of thiophene rings is 1. The fourth-order valence-electron chi connectivity index (χ4n) is 1.92. The highest BCUT2D eigenvalue weighted by Gasteiger charge is 2.36. The summed E-state index contributed by atoms with van der Waals surface area (Å²) in [4.78, 5) is 1.25. The van der Waals surface area contributed by atoms with Crippen molar-refractivity contribution in [3.05, 3.63) is 21.9 Å². The van der Waals surface area contributed by atoms with Gasteiger partial charge >= 0.3 is 0 Å². The van der Waals surface area contributed by atoms with Crippen molar-refractivity contribution in [2.45, 2.75) is 25.9 Å². The first-order valence-corrected chi connectivity index (χ1v) is 5.84. The summed E-state index contributed by atoms with van der Waals surface area (Å²) < 4.78 is 5.32. The summed E-state index contributed by atoms with van der Waals surface area (Å²) in [5.74, 6) is 0.247. The molecule has 1 aromatic heterocycles. The highest BCUT2D eigenvalue weighted by atomic mass is 32.1. The topological polar surface area (TPSA) is 29.5 Å². The molecule has 1 aromatic rings. The smallest absolute Gasteiger partial charge is 0.0927 e. The van der Waals surface area contributed by atoms with E-state index in [9.17, 15) is 5.11 Å². The average molecular weight is 212 g/mol. The molecule has 2 atom stereocenters. The van der Waals surface area contributed by atoms with Gasteiger partial charge in [-0.1, -0.05) is 0 Å². The first-order chi connectivity index (χ1) is 6.60. The van der Waals surface area contributed by atoms with E-state index >= 15 is 0 Å². The van der Waals surface area contributed by atoms with E-state index in [0.717, 1.165) is 18.6 Å². The number of hydrogen-bond acceptors (Lipinski definition) is 3. The highest BCUT2D eigenvalue weighted by molar-refractivity contribution is 7.10. The molecule has 2 heterocycles. The molecule has 1 aliphatic rings. The maximum Gasteiger partial charge on any atom is 0.0927 e. The van der Waals surface area contributed by atoms with Gasteiger partial charge in [0.1, 0.15) is 0 Å². The summed E-state index contributed by atoms with van der Waals surface area (Å²) >= 11 is 1.69. The molecule has 14 heavy (non-hydrogen) atoms. The Morgan fingerprint density at radius 3 is 2.93 bits per heavy atom. The van der Waals surface area contributed by atoms with E-state index in [4.69, 9.17) is 4.74 Å². The summed E-state index contributed by atoms with van der Waals surface area (Å²) in [6.45, 7) is 5.43. The Morgan fingerprint density at radius 2 is 2.43 bits per heavy atom. The Hall–Kier alpha value is -0.380. The number of aryl methyl sites for hydroxylation is 1. The van der Waals surface area contributed by atoms with Crippen LogP contribution in [0.2, 0.25) is 0 Å². The largest absolute Gasteiger partial charge is 0.385 e. The fourth-order valence-corrected chi connectivity index (χ4v) is 2.74. The van der Waals surface area contributed by atoms with Crippen molar-refractivity contribution in [1.29, 1.82) is 0 Å². The molecule has 0 bridgehead atoms. The van der Waals surface area contributed by atoms with Gasteiger partial charge in [-0.25, -0.2) is 0 Å². The Bertz CT molecular complexity index is 311. The van der Waals surface area contributed by atoms with Crippen LogP contribution in [0, 0.1) is 12.8 Å². The SMILES string of the molecule is Cc1cc(C(C)(O)C2CCOC2)cs1. The lowest BCUT2D eigenvalue weighted by atomic mass is 9.84. The zero-order valence-electron chi connectivity index (χ0n) is 8.62. The van der Waals surface area contributed by atoms with Crippen molar-refractivity contribution in [3.63, 3.8) is 0 Å². The van der Waals surface area contributed by atoms with Crippen LogP contribution in [0.1, 0.15) is 23.8 Å². The molecule has 0 saturated carbocycles. The van der Waals surface area contributed by atoms with Crippen molar-refractivity contribution in [2.24, 2.45) is 5.92 Å². The number of ether oxygens (including phenoxy) is 1. The molecular formula is C11H16O2S. The van der Waals surface area contributed by atoms with E-state index in [1.165, 1.54) is 4.88 Å². The van der Waals surface area contributed by atoms with Crippen LogP contribution in [0.5, 0.6) is 0 Å². The van der Waals surface area contributed by atoms with Gasteiger partial charge in [-0.2, -0.15) is 0 Å². The van der Waals surface area contributed by atoms with Crippen molar-refractivity contribution in [3.8, 4) is 0 Å². The van der Waals surface area contributed by atoms with Crippen LogP contribution in [0.3, 0.4) is 0 Å². The van der Waals surface area contributed by atoms with Crippen LogP contribution in [0.25, 0.3) is 0 Å². The average Bonchev–Trinajstić information content (AvgIpc) is 2.72. The molecule has 1 aliphatic heterocycles. The number of rotatable bonds is 2. The lowest BCUT2D eigenvalue weighted by Gasteiger charge is -2.28. The second kappa shape index (κ2) is 3.65. The Balaban J connectivity index is 2.22. The molecule has 3 heteroatoms. The lowest BCUT2D eigenvalue weighted by Crippen LogP contribution is -2.31. The normalized spacial score (nSPS) is 26.4. The standard InChI is InChI=1S/C11H16O2S/c1-8-5-10(7-14-8)11(2,12)9-3-4-13-6-9/h5,7,9,12H,3-4,6H2,1-2H3. The maximum absolute atomic E-state index is 10.4. The Labute approximate surface area is 88.5 Å². The van der Waals surface area contributed by atoms with Crippen LogP contribution in [0.4, 0.5) is 0 Å². The summed E-state index contributed by atoms with van der Waals surface area (Å²) in [6.07, 6.45) is 0.960. The fraction of sp³-hybridized carbons (Fsp3) is 0.636. The van der Waals surface area contributed by atoms with E-state index in [0.29, 0.717) is 6.61 Å². The minimum atomic E-state index is -0.721. The van der Waals surface area contributed by atoms with Crippen LogP contribution in [-0.2, 0) is 10.3 Å². The molecule has 1 fully saturated rings. The molecule has 1 saturated heterocycles. The third-order valence-electron chi connectivity index (χ3n) is 3.04. The van der Waals surface area contributed by atoms with Gasteiger partial charge in [0.15, 0.2) is 0 Å². The Morgan fingerprint density at radius 1 is 1.64 bits per heavy atom. The molecular weight excluding hydrogens is 196 g/mol. The summed E-state index contributed by atoms with van der Waals surface area (Å²) in [5, 5.41) is 12.5. The highest BCUT2D eigenvalue weighted by Crippen LogP contribution is 2.36. The zero-order chi connectivity index (χ0) is 10.2. The molecule has 0 spiro atoms. The number of aliphatic hydroxyl groups is 1. The number of hydrogen-bond donors (Lipinski definition) is 1. The third-order valence-corrected chi connectivity index (χ3v) is 3.90. The molecule has 0 aromatic carbocycles. The van der Waals surface area contributed by atoms with Crippen molar-refractivity contribution in [1.82, 2.24) is 0 Å². The van der Waals surface area contributed by atoms with Crippen molar-refractivity contribution < 1.29 is 9.84 Å². The molecule has 0 radical (unpaired) electrons. The van der Waals surface area contributed by atoms with Crippen LogP contribution >= 0.6 is 11.3 Å². The van der Waals surface area contributed by atoms with Gasteiger partial charge in [-0.3, -0.25) is 0 Å². The minimum Gasteiger partial charge on any atom is -0.385 e. The first kappa shape index (κ1) is 10.1. The monoisotopic (exact) mass is 212 g/mol. The molecule has 78 valence electrons. The first-order valence-electron chi connectivity index (χ1n) is 4.96. The van der Waals surface area contributed by atoms with Crippen molar-refractivity contribution >= 4 is 11.3 Å². The summed E-state index contributed by atoms with van der Waals surface area (Å²) in [6, 6.07) is 2.07. The van der Waals surface area contributed by atoms with Gasteiger partial charge in [0.2, 0.25) is 0 Å². The third kappa shape index (κ3) is 1.72. The molecule has 1 N–H and O–H groups in total. The van der Waals surface area contributed by atoms with E-state index in [1.54, 1.807) is 11.3 Å². The van der Waals surface area contributed by atoms with Crippen molar-refractivity contribution in [2.75, 3.05) is 13.2 Å². The second-order valence-corrected chi connectivity index (χ2v) is 5.27. The molecule has 0 aliphatic carbocycles. The zero-order valence-corrected chi connectivity index (χ0v) is 9.43. The lowest BCUT2D eigenvalue weighted by molar-refractivity contribution is -0.00937. The van der Waals surface area contributed by atoms with Gasteiger partial charge in [0.25, 0.3) is 0 Å². The molecule has 0 amide bonds. The van der Waals surface area contributed by atoms with Gasteiger partial charge < -0.3 is 9.84 Å². The molecule has 2 nitrogen and oxygen atoms in total. The van der Waals surface area contributed by atoms with E-state index in [-0.39, 0.29) is 5.92 Å². The van der Waals surface area contributed by atoms with Crippen LogP contribution in [0.15, 0.2) is 11.4 Å². The quantitative estimate of drug-likeness (QED) is 0.815. The van der Waals surface area contributed by atoms with Crippen LogP contribution < -0.4 is 0 Å². The van der Waals surface area contributed by atoms with Gasteiger partial charge in [-0.15, -0.1) is 11.3 Å². The predicted molar refractivity (Wildman–Crippen MR) is 57.6 cm³/mol. The minimum absolute atomic E-state index is 0.247. The maximum atomic E-state index is 10.4. The van der Waals surface area contributed by atoms with E-state index in [2.05, 4.69) is 13.0 Å². The van der Waals surface area contributed by atoms with Crippen LogP contribution in [-0.4, -0.2) is 18.3 Å². The van der Waals surface area contributed by atoms with E-state index in [1.807, 2.05) is 12.3 Å². The second-order valence-electron chi connectivity index (χ2n) is 4.15. The van der Waals surface area contributed by atoms with Gasteiger partial charge in [0, 0.05) is 17.4 Å². The summed E-state index contributed by atoms with van der Waals surface area (Å²) in [5.41, 5.74) is 0.317. The van der Waals surface area contributed by atoms with Gasteiger partial charge in [-0.05, 0) is 37.3 Å². The molecule has 2 unspecified atom stereocenters. The predicted octanol–water partition coefficient (Wildman–Crippen LogP) is 2.30. The van der Waals surface area contributed by atoms with Gasteiger partial charge in [0.05, 0.1) is 12.2 Å². The summed E-state index contributed by atoms with van der Waals surface area (Å²) in [7, 11) is 0. The molecule has 2 rings (SSSR count). The van der Waals surface area contributed by atoms with E-state index < -0.39 is 5.60 Å².